The molecule has 1 heterocycles. The van der Waals surface area contributed by atoms with Gasteiger partial charge in [0.25, 0.3) is 5.91 Å². The fourth-order valence-corrected chi connectivity index (χ4v) is 4.77. The van der Waals surface area contributed by atoms with E-state index in [-0.39, 0.29) is 16.5 Å². The molecular weight excluding hydrogens is 485 g/mol. The maximum Gasteiger partial charge on any atom is 0.262 e. The standard InChI is InChI=1S/C19H12BrCl2N3O2S/c20-11-2-5-13(6-3-11)25-18(27)16(28-19(25)14(9-23)17(24)26)7-10-1-4-12(21)8-15(10)22/h1-6,8,16H,7H2,(H2,24,26). The lowest BCUT2D eigenvalue weighted by atomic mass is 10.1. The average Bonchev–Trinajstić information content (AvgIpc) is 2.95. The summed E-state index contributed by atoms with van der Waals surface area (Å²) in [7, 11) is 0. The number of hydrogen-bond acceptors (Lipinski definition) is 4. The number of hydrogen-bond donors (Lipinski definition) is 1. The topological polar surface area (TPSA) is 87.2 Å². The summed E-state index contributed by atoms with van der Waals surface area (Å²) < 4.78 is 0.834. The maximum atomic E-state index is 13.2. The van der Waals surface area contributed by atoms with Crippen molar-refractivity contribution in [3.8, 4) is 6.07 Å². The Morgan fingerprint density at radius 1 is 1.25 bits per heavy atom. The van der Waals surface area contributed by atoms with Gasteiger partial charge in [-0.1, -0.05) is 57.0 Å². The Hall–Kier alpha value is -1.98. The van der Waals surface area contributed by atoms with Crippen molar-refractivity contribution in [1.82, 2.24) is 0 Å². The van der Waals surface area contributed by atoms with Gasteiger partial charge in [0.15, 0.2) is 0 Å². The lowest BCUT2D eigenvalue weighted by Gasteiger charge is -2.18. The van der Waals surface area contributed by atoms with E-state index in [4.69, 9.17) is 28.9 Å². The number of carbonyl (C=O) groups excluding carboxylic acids is 2. The Labute approximate surface area is 184 Å². The summed E-state index contributed by atoms with van der Waals surface area (Å²) in [6.45, 7) is 0. The van der Waals surface area contributed by atoms with Crippen LogP contribution in [0.25, 0.3) is 0 Å². The summed E-state index contributed by atoms with van der Waals surface area (Å²) in [5.41, 5.74) is 6.38. The number of halogens is 3. The van der Waals surface area contributed by atoms with Crippen LogP contribution < -0.4 is 10.6 Å². The van der Waals surface area contributed by atoms with Crippen molar-refractivity contribution in [2.75, 3.05) is 4.90 Å². The molecule has 2 aromatic carbocycles. The van der Waals surface area contributed by atoms with E-state index in [0.29, 0.717) is 22.2 Å². The van der Waals surface area contributed by atoms with Crippen LogP contribution in [0, 0.1) is 11.3 Å². The molecule has 0 aliphatic carbocycles. The molecule has 0 bridgehead atoms. The van der Waals surface area contributed by atoms with Crippen LogP contribution in [0.3, 0.4) is 0 Å². The van der Waals surface area contributed by atoms with Crippen molar-refractivity contribution in [2.24, 2.45) is 5.73 Å². The molecule has 142 valence electrons. The summed E-state index contributed by atoms with van der Waals surface area (Å²) in [5, 5.41) is 9.99. The third kappa shape index (κ3) is 4.20. The highest BCUT2D eigenvalue weighted by atomic mass is 79.9. The number of nitriles is 1. The van der Waals surface area contributed by atoms with Crippen LogP contribution in [0.15, 0.2) is 57.5 Å². The van der Waals surface area contributed by atoms with E-state index < -0.39 is 11.2 Å². The Morgan fingerprint density at radius 3 is 2.50 bits per heavy atom. The van der Waals surface area contributed by atoms with Crippen LogP contribution in [0.4, 0.5) is 5.69 Å². The molecule has 1 fully saturated rings. The van der Waals surface area contributed by atoms with Crippen LogP contribution in [-0.2, 0) is 16.0 Å². The fourth-order valence-electron chi connectivity index (χ4n) is 2.71. The number of thioether (sulfide) groups is 1. The minimum atomic E-state index is -0.884. The van der Waals surface area contributed by atoms with Gasteiger partial charge in [-0.05, 0) is 48.4 Å². The predicted octanol–water partition coefficient (Wildman–Crippen LogP) is 4.67. The first-order chi connectivity index (χ1) is 13.3. The molecule has 28 heavy (non-hydrogen) atoms. The molecule has 1 aliphatic heterocycles. The normalized spacial score (nSPS) is 18.1. The van der Waals surface area contributed by atoms with Crippen LogP contribution in [0.5, 0.6) is 0 Å². The monoisotopic (exact) mass is 495 g/mol. The molecule has 9 heteroatoms. The third-order valence-corrected chi connectivity index (χ3v) is 6.41. The number of nitrogens with zero attached hydrogens (tertiary/aromatic N) is 2. The smallest absolute Gasteiger partial charge is 0.262 e. The number of benzene rings is 2. The zero-order valence-electron chi connectivity index (χ0n) is 14.2. The SMILES string of the molecule is N#CC(C(N)=O)=C1SC(Cc2ccc(Cl)cc2Cl)C(=O)N1c1ccc(Br)cc1. The molecule has 0 aromatic heterocycles. The summed E-state index contributed by atoms with van der Waals surface area (Å²) >= 11 is 16.6. The number of amides is 2. The van der Waals surface area contributed by atoms with Gasteiger partial charge in [-0.25, -0.2) is 0 Å². The molecule has 1 atom stereocenters. The molecule has 1 saturated heterocycles. The number of anilines is 1. The molecule has 1 unspecified atom stereocenters. The van der Waals surface area contributed by atoms with Gasteiger partial charge in [0.05, 0.1) is 5.25 Å². The van der Waals surface area contributed by atoms with Crippen molar-refractivity contribution in [3.05, 3.63) is 73.1 Å². The summed E-state index contributed by atoms with van der Waals surface area (Å²) in [6, 6.07) is 13.8. The van der Waals surface area contributed by atoms with E-state index in [1.54, 1.807) is 42.5 Å². The molecule has 0 saturated carbocycles. The molecule has 2 aromatic rings. The number of nitrogens with two attached hydrogens (primary N) is 1. The van der Waals surface area contributed by atoms with Gasteiger partial charge in [-0.3, -0.25) is 14.5 Å². The lowest BCUT2D eigenvalue weighted by molar-refractivity contribution is -0.117. The van der Waals surface area contributed by atoms with Crippen molar-refractivity contribution in [2.45, 2.75) is 11.7 Å². The summed E-state index contributed by atoms with van der Waals surface area (Å²) in [5.74, 6) is -1.15. The van der Waals surface area contributed by atoms with E-state index in [1.165, 1.54) is 4.90 Å². The van der Waals surface area contributed by atoms with Crippen LogP contribution in [0.1, 0.15) is 5.56 Å². The first kappa shape index (κ1) is 20.7. The molecule has 2 N–H and O–H groups in total. The van der Waals surface area contributed by atoms with Crippen LogP contribution >= 0.6 is 50.9 Å². The second-order valence-corrected chi connectivity index (χ2v) is 8.80. The van der Waals surface area contributed by atoms with Gasteiger partial charge in [-0.15, -0.1) is 0 Å². The van der Waals surface area contributed by atoms with Gasteiger partial charge in [0.2, 0.25) is 5.91 Å². The number of carbonyl (C=O) groups is 2. The highest BCUT2D eigenvalue weighted by Gasteiger charge is 2.40. The van der Waals surface area contributed by atoms with Crippen molar-refractivity contribution in [3.63, 3.8) is 0 Å². The first-order valence-electron chi connectivity index (χ1n) is 7.96. The average molecular weight is 497 g/mol. The molecule has 5 nitrogen and oxygen atoms in total. The Balaban J connectivity index is 2.04. The van der Waals surface area contributed by atoms with Crippen LogP contribution in [-0.4, -0.2) is 17.1 Å². The Kier molecular flexibility index (Phi) is 6.36. The maximum absolute atomic E-state index is 13.2. The van der Waals surface area contributed by atoms with E-state index in [0.717, 1.165) is 21.8 Å². The Bertz CT molecular complexity index is 1030. The molecule has 2 amide bonds. The van der Waals surface area contributed by atoms with Crippen molar-refractivity contribution >= 4 is 68.4 Å². The number of primary amides is 1. The highest BCUT2D eigenvalue weighted by molar-refractivity contribution is 9.10. The highest BCUT2D eigenvalue weighted by Crippen LogP contribution is 2.42. The second kappa shape index (κ2) is 8.58. The molecule has 0 radical (unpaired) electrons. The van der Waals surface area contributed by atoms with Crippen LogP contribution in [0.2, 0.25) is 10.0 Å². The largest absolute Gasteiger partial charge is 0.365 e. The number of rotatable bonds is 4. The fraction of sp³-hybridized carbons (Fsp3) is 0.105. The zero-order chi connectivity index (χ0) is 20.4. The van der Waals surface area contributed by atoms with Gasteiger partial charge >= 0.3 is 0 Å². The molecule has 3 rings (SSSR count). The second-order valence-electron chi connectivity index (χ2n) is 5.85. The summed E-state index contributed by atoms with van der Waals surface area (Å²) in [6.07, 6.45) is 0.313. The molecule has 1 aliphatic rings. The minimum Gasteiger partial charge on any atom is -0.365 e. The van der Waals surface area contributed by atoms with E-state index >= 15 is 0 Å². The third-order valence-electron chi connectivity index (χ3n) is 4.03. The zero-order valence-corrected chi connectivity index (χ0v) is 18.1. The van der Waals surface area contributed by atoms with Crippen molar-refractivity contribution in [1.29, 1.82) is 5.26 Å². The lowest BCUT2D eigenvalue weighted by Crippen LogP contribution is -2.31. The van der Waals surface area contributed by atoms with E-state index in [2.05, 4.69) is 15.9 Å². The van der Waals surface area contributed by atoms with Gasteiger partial charge < -0.3 is 5.73 Å². The van der Waals surface area contributed by atoms with E-state index in [1.807, 2.05) is 6.07 Å². The summed E-state index contributed by atoms with van der Waals surface area (Å²) in [4.78, 5) is 26.3. The van der Waals surface area contributed by atoms with Gasteiger partial charge in [0.1, 0.15) is 16.7 Å². The predicted molar refractivity (Wildman–Crippen MR) is 115 cm³/mol. The van der Waals surface area contributed by atoms with E-state index in [9.17, 15) is 14.9 Å². The van der Waals surface area contributed by atoms with Gasteiger partial charge in [0, 0.05) is 20.2 Å². The van der Waals surface area contributed by atoms with Gasteiger partial charge in [-0.2, -0.15) is 5.26 Å². The Morgan fingerprint density at radius 2 is 1.93 bits per heavy atom. The molecule has 0 spiro atoms. The molecular formula is C19H12BrCl2N3O2S. The quantitative estimate of drug-likeness (QED) is 0.492. The van der Waals surface area contributed by atoms with Crippen molar-refractivity contribution < 1.29 is 9.59 Å². The first-order valence-corrected chi connectivity index (χ1v) is 10.4. The minimum absolute atomic E-state index is 0.220.